The van der Waals surface area contributed by atoms with Gasteiger partial charge < -0.3 is 10.2 Å². The van der Waals surface area contributed by atoms with E-state index >= 15 is 0 Å². The number of piperazine rings is 1. The van der Waals surface area contributed by atoms with Crippen molar-refractivity contribution in [1.29, 1.82) is 0 Å². The molecule has 0 unspecified atom stereocenters. The van der Waals surface area contributed by atoms with E-state index in [4.69, 9.17) is 0 Å². The highest BCUT2D eigenvalue weighted by Crippen LogP contribution is 2.32. The van der Waals surface area contributed by atoms with Crippen LogP contribution in [0.25, 0.3) is 0 Å². The van der Waals surface area contributed by atoms with E-state index in [9.17, 15) is 4.79 Å². The predicted molar refractivity (Wildman–Crippen MR) is 88.2 cm³/mol. The van der Waals surface area contributed by atoms with Crippen molar-refractivity contribution in [3.05, 3.63) is 12.3 Å². The summed E-state index contributed by atoms with van der Waals surface area (Å²) in [7, 11) is 2.18. The Morgan fingerprint density at radius 1 is 1.36 bits per heavy atom. The van der Waals surface area contributed by atoms with Gasteiger partial charge >= 0.3 is 0 Å². The Hall–Kier alpha value is -1.34. The van der Waals surface area contributed by atoms with Crippen molar-refractivity contribution in [2.45, 2.75) is 30.0 Å². The van der Waals surface area contributed by atoms with Crippen molar-refractivity contribution in [2.75, 3.05) is 44.4 Å². The second kappa shape index (κ2) is 6.42. The molecule has 1 aromatic heterocycles. The first-order chi connectivity index (χ1) is 10.6. The molecule has 3 heterocycles. The molecule has 0 aliphatic carbocycles. The average molecular weight is 321 g/mol. The van der Waals surface area contributed by atoms with E-state index in [2.05, 4.69) is 32.1 Å². The summed E-state index contributed by atoms with van der Waals surface area (Å²) in [4.78, 5) is 25.3. The van der Waals surface area contributed by atoms with Gasteiger partial charge in [-0.3, -0.25) is 9.69 Å². The van der Waals surface area contributed by atoms with Crippen molar-refractivity contribution in [1.82, 2.24) is 20.2 Å². The summed E-state index contributed by atoms with van der Waals surface area (Å²) in [5.74, 6) is 1.17. The minimum Gasteiger partial charge on any atom is -0.356 e. The summed E-state index contributed by atoms with van der Waals surface area (Å²) >= 11 is 1.56. The van der Waals surface area contributed by atoms with Crippen molar-refractivity contribution >= 4 is 23.5 Å². The Bertz CT molecular complexity index is 554. The lowest BCUT2D eigenvalue weighted by molar-refractivity contribution is -0.120. The van der Waals surface area contributed by atoms with E-state index in [1.807, 2.05) is 18.5 Å². The highest BCUT2D eigenvalue weighted by molar-refractivity contribution is 7.98. The first-order valence-corrected chi connectivity index (χ1v) is 8.95. The molecule has 2 aliphatic rings. The number of rotatable bonds is 2. The van der Waals surface area contributed by atoms with E-state index in [1.54, 1.807) is 11.8 Å². The smallest absolute Gasteiger partial charge is 0.220 e. The molecule has 1 spiro atoms. The summed E-state index contributed by atoms with van der Waals surface area (Å²) in [6, 6.07) is 1.98. The fourth-order valence-electron chi connectivity index (χ4n) is 3.40. The maximum atomic E-state index is 11.7. The van der Waals surface area contributed by atoms with Gasteiger partial charge in [0, 0.05) is 44.3 Å². The zero-order valence-corrected chi connectivity index (χ0v) is 14.0. The molecule has 2 fully saturated rings. The van der Waals surface area contributed by atoms with Crippen LogP contribution in [0.3, 0.4) is 0 Å². The predicted octanol–water partition coefficient (Wildman–Crippen LogP) is 0.989. The van der Waals surface area contributed by atoms with Crippen LogP contribution < -0.4 is 10.2 Å². The summed E-state index contributed by atoms with van der Waals surface area (Å²) in [6.07, 6.45) is 6.33. The van der Waals surface area contributed by atoms with Gasteiger partial charge in [0.2, 0.25) is 5.91 Å². The molecule has 2 saturated heterocycles. The van der Waals surface area contributed by atoms with Gasteiger partial charge in [-0.25, -0.2) is 9.97 Å². The molecule has 6 nitrogen and oxygen atoms in total. The Morgan fingerprint density at radius 2 is 2.23 bits per heavy atom. The number of anilines is 1. The van der Waals surface area contributed by atoms with Crippen LogP contribution in [0.5, 0.6) is 0 Å². The number of carbonyl (C=O) groups excluding carboxylic acids is 1. The van der Waals surface area contributed by atoms with Crippen LogP contribution >= 0.6 is 11.8 Å². The zero-order valence-electron chi connectivity index (χ0n) is 13.2. The van der Waals surface area contributed by atoms with Gasteiger partial charge in [-0.2, -0.15) is 0 Å². The zero-order chi connectivity index (χ0) is 15.6. The summed E-state index contributed by atoms with van der Waals surface area (Å²) in [5, 5.41) is 3.80. The SMILES string of the molecule is CSc1nccc(N2CCN(C)[C@@]3(CCNC(=O)CC3)C2)n1. The van der Waals surface area contributed by atoms with E-state index in [0.717, 1.165) is 50.0 Å². The lowest BCUT2D eigenvalue weighted by Crippen LogP contribution is -2.61. The fraction of sp³-hybridized carbons (Fsp3) is 0.667. The number of aromatic nitrogens is 2. The number of likely N-dealkylation sites (N-methyl/N-ethyl adjacent to an activating group) is 1. The van der Waals surface area contributed by atoms with E-state index in [0.29, 0.717) is 6.42 Å². The third kappa shape index (κ3) is 3.05. The first-order valence-electron chi connectivity index (χ1n) is 7.73. The molecule has 2 aliphatic heterocycles. The van der Waals surface area contributed by atoms with Crippen LogP contribution in [-0.4, -0.2) is 65.8 Å². The Balaban J connectivity index is 1.81. The lowest BCUT2D eigenvalue weighted by atomic mass is 9.86. The first kappa shape index (κ1) is 15.6. The van der Waals surface area contributed by atoms with Crippen LogP contribution in [0.4, 0.5) is 5.82 Å². The lowest BCUT2D eigenvalue weighted by Gasteiger charge is -2.49. The van der Waals surface area contributed by atoms with E-state index in [1.165, 1.54) is 0 Å². The van der Waals surface area contributed by atoms with Crippen molar-refractivity contribution in [2.24, 2.45) is 0 Å². The normalized spacial score (nSPS) is 26.8. The van der Waals surface area contributed by atoms with Crippen molar-refractivity contribution in [3.63, 3.8) is 0 Å². The number of carbonyl (C=O) groups is 1. The largest absolute Gasteiger partial charge is 0.356 e. The van der Waals surface area contributed by atoms with Crippen LogP contribution in [0.1, 0.15) is 19.3 Å². The summed E-state index contributed by atoms with van der Waals surface area (Å²) in [5.41, 5.74) is 0.0574. The number of nitrogens with zero attached hydrogens (tertiary/aromatic N) is 4. The van der Waals surface area contributed by atoms with Gasteiger partial charge in [0.25, 0.3) is 0 Å². The molecule has 0 radical (unpaired) electrons. The molecule has 22 heavy (non-hydrogen) atoms. The quantitative estimate of drug-likeness (QED) is 0.647. The molecule has 0 bridgehead atoms. The van der Waals surface area contributed by atoms with Crippen LogP contribution in [0, 0.1) is 0 Å². The maximum absolute atomic E-state index is 11.7. The highest BCUT2D eigenvalue weighted by atomic mass is 32.2. The molecule has 1 amide bonds. The van der Waals surface area contributed by atoms with Gasteiger partial charge in [-0.05, 0) is 32.2 Å². The Morgan fingerprint density at radius 3 is 3.05 bits per heavy atom. The standard InChI is InChI=1S/C15H23N5OS/c1-19-9-10-20(12-4-7-17-14(18-12)22-2)11-15(19)5-3-13(21)16-8-6-15/h4,7H,3,5-6,8-11H2,1-2H3,(H,16,21)/t15-/m0/s1. The molecule has 0 aromatic carbocycles. The third-order valence-electron chi connectivity index (χ3n) is 4.86. The van der Waals surface area contributed by atoms with E-state index in [-0.39, 0.29) is 11.4 Å². The maximum Gasteiger partial charge on any atom is 0.220 e. The molecular formula is C15H23N5OS. The molecule has 0 saturated carbocycles. The van der Waals surface area contributed by atoms with Gasteiger partial charge in [0.15, 0.2) is 5.16 Å². The second-order valence-electron chi connectivity index (χ2n) is 6.07. The molecule has 3 rings (SSSR count). The van der Waals surface area contributed by atoms with Gasteiger partial charge in [0.05, 0.1) is 0 Å². The van der Waals surface area contributed by atoms with Crippen LogP contribution in [0.2, 0.25) is 0 Å². The highest BCUT2D eigenvalue weighted by Gasteiger charge is 2.41. The van der Waals surface area contributed by atoms with Crippen LogP contribution in [-0.2, 0) is 4.79 Å². The van der Waals surface area contributed by atoms with Gasteiger partial charge in [-0.1, -0.05) is 11.8 Å². The number of amides is 1. The fourth-order valence-corrected chi connectivity index (χ4v) is 3.75. The molecule has 1 N–H and O–H groups in total. The number of hydrogen-bond donors (Lipinski definition) is 1. The van der Waals surface area contributed by atoms with Crippen LogP contribution in [0.15, 0.2) is 17.4 Å². The number of hydrogen-bond acceptors (Lipinski definition) is 6. The molecule has 120 valence electrons. The van der Waals surface area contributed by atoms with Gasteiger partial charge in [0.1, 0.15) is 5.82 Å². The number of thioether (sulfide) groups is 1. The monoisotopic (exact) mass is 321 g/mol. The molecule has 1 aromatic rings. The average Bonchev–Trinajstić information content (AvgIpc) is 2.73. The second-order valence-corrected chi connectivity index (χ2v) is 6.84. The Labute approximate surface area is 135 Å². The number of nitrogens with one attached hydrogen (secondary N) is 1. The molecule has 7 heteroatoms. The third-order valence-corrected chi connectivity index (χ3v) is 5.42. The summed E-state index contributed by atoms with van der Waals surface area (Å²) in [6.45, 7) is 3.64. The minimum atomic E-state index is 0.0574. The van der Waals surface area contributed by atoms with Crippen molar-refractivity contribution in [3.8, 4) is 0 Å². The van der Waals surface area contributed by atoms with Gasteiger partial charge in [-0.15, -0.1) is 0 Å². The summed E-state index contributed by atoms with van der Waals surface area (Å²) < 4.78 is 0. The molecule has 1 atom stereocenters. The molecular weight excluding hydrogens is 298 g/mol. The van der Waals surface area contributed by atoms with E-state index < -0.39 is 0 Å². The minimum absolute atomic E-state index is 0.0574. The van der Waals surface area contributed by atoms with Crippen molar-refractivity contribution < 1.29 is 4.79 Å². The Kier molecular flexibility index (Phi) is 4.54. The topological polar surface area (TPSA) is 61.4 Å².